The second-order valence-electron chi connectivity index (χ2n) is 17.8. The molecule has 0 spiro atoms. The van der Waals surface area contributed by atoms with Gasteiger partial charge in [-0.1, -0.05) is 26.0 Å². The first-order valence-corrected chi connectivity index (χ1v) is 21.7. The molecule has 2 aliphatic heterocycles. The number of fused-ring (bicyclic) bond motifs is 3. The molecule has 7 atom stereocenters. The lowest BCUT2D eigenvalue weighted by molar-refractivity contribution is -0.156. The second-order valence-corrected chi connectivity index (χ2v) is 19.8. The molecule has 2 aliphatic carbocycles. The number of aromatic nitrogens is 1. The Balaban J connectivity index is 1.45. The second kappa shape index (κ2) is 16.4. The Morgan fingerprint density at radius 1 is 1.08 bits per heavy atom. The Bertz CT molecular complexity index is 2250. The molecule has 342 valence electrons. The number of carbonyl (C=O) groups is 4. The van der Waals surface area contributed by atoms with Crippen LogP contribution in [-0.2, 0) is 30.6 Å². The molecule has 14 nitrogen and oxygen atoms in total. The Kier molecular flexibility index (Phi) is 12.3. The molecule has 6 rings (SSSR count). The smallest absolute Gasteiger partial charge is 0.433 e. The maximum Gasteiger partial charge on any atom is 0.433 e. The highest BCUT2D eigenvalue weighted by atomic mass is 32.2. The number of methoxy groups -OCH3 is 1. The van der Waals surface area contributed by atoms with E-state index >= 15 is 13.6 Å². The Morgan fingerprint density at radius 2 is 1.76 bits per heavy atom. The number of pyridine rings is 1. The predicted octanol–water partition coefficient (Wildman–Crippen LogP) is 6.23. The molecular formula is C41H51F6N5O9S. The third kappa shape index (κ3) is 8.73. The van der Waals surface area contributed by atoms with Gasteiger partial charge in [0.1, 0.15) is 52.1 Å². The van der Waals surface area contributed by atoms with Crippen LogP contribution in [0.15, 0.2) is 36.4 Å². The lowest BCUT2D eigenvalue weighted by atomic mass is 9.84. The molecular weight excluding hydrogens is 853 g/mol. The maximum atomic E-state index is 15.4. The number of rotatable bonds is 10. The van der Waals surface area contributed by atoms with Gasteiger partial charge in [-0.2, -0.15) is 13.2 Å². The molecule has 2 saturated carbocycles. The van der Waals surface area contributed by atoms with Crippen molar-refractivity contribution in [1.82, 2.24) is 24.8 Å². The summed E-state index contributed by atoms with van der Waals surface area (Å²) >= 11 is 0. The summed E-state index contributed by atoms with van der Waals surface area (Å²) in [5, 5.41) is 13.3. The molecule has 0 unspecified atom stereocenters. The van der Waals surface area contributed by atoms with Crippen molar-refractivity contribution >= 4 is 44.6 Å². The summed E-state index contributed by atoms with van der Waals surface area (Å²) in [7, 11) is -3.25. The zero-order valence-corrected chi connectivity index (χ0v) is 35.8. The molecule has 21 heteroatoms. The van der Waals surface area contributed by atoms with Gasteiger partial charge in [0.2, 0.25) is 27.7 Å². The largest absolute Gasteiger partial charge is 0.497 e. The number of carboxylic acid groups (broad SMARTS) is 1. The zero-order chi connectivity index (χ0) is 46.0. The molecule has 62 heavy (non-hydrogen) atoms. The van der Waals surface area contributed by atoms with Crippen LogP contribution in [-0.4, -0.2) is 112 Å². The average Bonchev–Trinajstić information content (AvgIpc) is 4.08. The number of nitrogens with zero attached hydrogens (tertiary/aromatic N) is 3. The molecule has 0 radical (unpaired) electrons. The summed E-state index contributed by atoms with van der Waals surface area (Å²) in [6.07, 6.45) is -4.43. The summed E-state index contributed by atoms with van der Waals surface area (Å²) in [5.41, 5.74) is -5.77. The SMILES string of the molecule is COc1ccc2c(O[C@@H]3C[C@H]4C(=O)N[C@]5(C(=O)NS(=O)(=O)C6(CF)CC6)C[C@H]5/C=C\CC[C@H](C)C[C@@H](C)[C@H](N(C(=O)O)C(C)(C)C(C)(F)F)C(=O)N4C3)nc(C(F)(F)F)cc2c1. The van der Waals surface area contributed by atoms with E-state index in [2.05, 4.69) is 10.3 Å². The van der Waals surface area contributed by atoms with E-state index in [1.54, 1.807) is 12.2 Å². The van der Waals surface area contributed by atoms with Crippen LogP contribution in [0.5, 0.6) is 11.6 Å². The number of amides is 4. The zero-order valence-electron chi connectivity index (χ0n) is 35.0. The highest BCUT2D eigenvalue weighted by Crippen LogP contribution is 2.48. The number of nitrogens with one attached hydrogen (secondary N) is 2. The fourth-order valence-electron chi connectivity index (χ4n) is 8.54. The Morgan fingerprint density at radius 3 is 2.34 bits per heavy atom. The number of allylic oxidation sites excluding steroid dienone is 1. The quantitative estimate of drug-likeness (QED) is 0.183. The van der Waals surface area contributed by atoms with E-state index in [-0.39, 0.29) is 48.1 Å². The van der Waals surface area contributed by atoms with Crippen molar-refractivity contribution < 1.29 is 68.5 Å². The lowest BCUT2D eigenvalue weighted by Crippen LogP contribution is -2.66. The molecule has 4 amide bonds. The maximum absolute atomic E-state index is 15.4. The number of carbonyl (C=O) groups excluding carboxylic acids is 3. The van der Waals surface area contributed by atoms with Crippen LogP contribution in [0, 0.1) is 17.8 Å². The van der Waals surface area contributed by atoms with Crippen LogP contribution in [0.1, 0.15) is 85.3 Å². The molecule has 0 bridgehead atoms. The summed E-state index contributed by atoms with van der Waals surface area (Å²) in [6.45, 7) is 3.94. The van der Waals surface area contributed by atoms with Crippen molar-refractivity contribution in [2.75, 3.05) is 20.3 Å². The first-order valence-electron chi connectivity index (χ1n) is 20.3. The molecule has 4 aliphatic rings. The number of alkyl halides is 6. The minimum absolute atomic E-state index is 0.0163. The third-order valence-electron chi connectivity index (χ3n) is 13.0. The minimum Gasteiger partial charge on any atom is -0.497 e. The highest BCUT2D eigenvalue weighted by Gasteiger charge is 2.64. The van der Waals surface area contributed by atoms with Gasteiger partial charge in [-0.25, -0.2) is 31.4 Å². The first kappa shape index (κ1) is 46.7. The van der Waals surface area contributed by atoms with E-state index in [4.69, 9.17) is 9.47 Å². The molecule has 1 saturated heterocycles. The van der Waals surface area contributed by atoms with E-state index in [1.165, 1.54) is 32.2 Å². The van der Waals surface area contributed by atoms with Crippen LogP contribution in [0.2, 0.25) is 0 Å². The first-order chi connectivity index (χ1) is 28.7. The molecule has 1 aromatic heterocycles. The van der Waals surface area contributed by atoms with Gasteiger partial charge in [-0.15, -0.1) is 0 Å². The van der Waals surface area contributed by atoms with E-state index in [0.29, 0.717) is 24.7 Å². The normalized spacial score (nSPS) is 28.7. The van der Waals surface area contributed by atoms with Crippen molar-refractivity contribution in [1.29, 1.82) is 0 Å². The number of sulfonamides is 1. The van der Waals surface area contributed by atoms with Crippen LogP contribution in [0.3, 0.4) is 0 Å². The summed E-state index contributed by atoms with van der Waals surface area (Å²) in [4.78, 5) is 61.8. The number of ether oxygens (including phenoxy) is 2. The van der Waals surface area contributed by atoms with Gasteiger partial charge in [-0.3, -0.25) is 24.0 Å². The van der Waals surface area contributed by atoms with Crippen LogP contribution >= 0.6 is 0 Å². The van der Waals surface area contributed by atoms with Crippen molar-refractivity contribution in [2.45, 2.75) is 126 Å². The number of hydrogen-bond acceptors (Lipinski definition) is 9. The van der Waals surface area contributed by atoms with E-state index < -0.39 is 123 Å². The van der Waals surface area contributed by atoms with Crippen LogP contribution in [0.25, 0.3) is 10.8 Å². The fraction of sp³-hybridized carbons (Fsp3) is 0.634. The average molecular weight is 904 g/mol. The van der Waals surface area contributed by atoms with Gasteiger partial charge in [0.15, 0.2) is 0 Å². The van der Waals surface area contributed by atoms with E-state index in [1.807, 2.05) is 11.6 Å². The molecule has 3 N–H and O–H groups in total. The van der Waals surface area contributed by atoms with Crippen molar-refractivity contribution in [2.24, 2.45) is 17.8 Å². The lowest BCUT2D eigenvalue weighted by Gasteiger charge is -2.47. The van der Waals surface area contributed by atoms with Gasteiger partial charge in [0, 0.05) is 24.6 Å². The molecule has 3 fully saturated rings. The predicted molar refractivity (Wildman–Crippen MR) is 211 cm³/mol. The van der Waals surface area contributed by atoms with Crippen LogP contribution < -0.4 is 19.5 Å². The van der Waals surface area contributed by atoms with Crippen molar-refractivity contribution in [3.8, 4) is 11.6 Å². The number of benzene rings is 1. The standard InChI is InChI=1S/C41H51F6N5O9S/c1-22-9-7-8-10-25-19-40(25,35(55)50-62(58,59)39(21-42)13-14-39)49-32(53)29-18-27(61-33-28-12-11-26(60-6)16-24(28)17-30(48-33)41(45,46)47)20-51(29)34(54)31(23(2)15-22)52(36(56)57)37(3,4)38(5,43)44/h8,10-12,16-17,22-23,25,27,29,31H,7,9,13-15,18-21H2,1-6H3,(H,49,53)(H,50,55)(H,56,57)/b10-8-/t22-,23+,25+,27+,29-,31-,40+/m0/s1. The van der Waals surface area contributed by atoms with Gasteiger partial charge in [0.05, 0.1) is 13.7 Å². The molecule has 1 aromatic carbocycles. The number of hydrogen-bond donors (Lipinski definition) is 3. The van der Waals surface area contributed by atoms with Gasteiger partial charge in [0.25, 0.3) is 11.8 Å². The van der Waals surface area contributed by atoms with Gasteiger partial charge >= 0.3 is 12.3 Å². The number of halogens is 6. The fourth-order valence-corrected chi connectivity index (χ4v) is 9.96. The highest BCUT2D eigenvalue weighted by molar-refractivity contribution is 7.91. The monoisotopic (exact) mass is 903 g/mol. The minimum atomic E-state index is -4.95. The van der Waals surface area contributed by atoms with Crippen molar-refractivity contribution in [3.05, 3.63) is 42.1 Å². The van der Waals surface area contributed by atoms with Gasteiger partial charge < -0.3 is 24.8 Å². The molecule has 3 heterocycles. The van der Waals surface area contributed by atoms with Gasteiger partial charge in [-0.05, 0) is 93.9 Å². The molecule has 2 aromatic rings. The topological polar surface area (TPSA) is 185 Å². The van der Waals surface area contributed by atoms with E-state index in [9.17, 15) is 45.5 Å². The van der Waals surface area contributed by atoms with Crippen molar-refractivity contribution in [3.63, 3.8) is 0 Å². The van der Waals surface area contributed by atoms with Crippen LogP contribution in [0.4, 0.5) is 31.1 Å². The summed E-state index contributed by atoms with van der Waals surface area (Å²) < 4.78 is 125. The summed E-state index contributed by atoms with van der Waals surface area (Å²) in [5.74, 6) is -9.28. The third-order valence-corrected chi connectivity index (χ3v) is 15.1. The summed E-state index contributed by atoms with van der Waals surface area (Å²) in [6, 6.07) is 1.42. The Hall–Kier alpha value is -4.82. The van der Waals surface area contributed by atoms with E-state index in [0.717, 1.165) is 24.8 Å². The Labute approximate surface area is 354 Å².